The standard InChI is InChI=1S/C14H19NO3/c1-15-8-6-11(7-9-15)13(14(17)18)10-2-4-12(16)5-3-10/h2-5,11,13,16H,6-9H2,1H3,(H,17,18). The van der Waals surface area contributed by atoms with E-state index in [1.165, 1.54) is 0 Å². The summed E-state index contributed by atoms with van der Waals surface area (Å²) in [6.45, 7) is 1.90. The molecule has 2 rings (SSSR count). The van der Waals surface area contributed by atoms with Crippen LogP contribution in [0.3, 0.4) is 0 Å². The lowest BCUT2D eigenvalue weighted by Crippen LogP contribution is -2.34. The largest absolute Gasteiger partial charge is 0.508 e. The van der Waals surface area contributed by atoms with E-state index in [9.17, 15) is 15.0 Å². The molecule has 0 amide bonds. The summed E-state index contributed by atoms with van der Waals surface area (Å²) >= 11 is 0. The van der Waals surface area contributed by atoms with Gasteiger partial charge >= 0.3 is 5.97 Å². The molecule has 1 aliphatic heterocycles. The van der Waals surface area contributed by atoms with Crippen molar-refractivity contribution in [3.63, 3.8) is 0 Å². The van der Waals surface area contributed by atoms with Crippen molar-refractivity contribution in [1.82, 2.24) is 4.90 Å². The first-order valence-corrected chi connectivity index (χ1v) is 6.28. The van der Waals surface area contributed by atoms with Crippen LogP contribution in [0.1, 0.15) is 24.3 Å². The predicted molar refractivity (Wildman–Crippen MR) is 68.7 cm³/mol. The zero-order valence-corrected chi connectivity index (χ0v) is 10.5. The van der Waals surface area contributed by atoms with Gasteiger partial charge in [-0.3, -0.25) is 4.79 Å². The van der Waals surface area contributed by atoms with Gasteiger partial charge in [0.1, 0.15) is 5.75 Å². The van der Waals surface area contributed by atoms with E-state index in [2.05, 4.69) is 11.9 Å². The Labute approximate surface area is 107 Å². The van der Waals surface area contributed by atoms with Crippen LogP contribution in [0, 0.1) is 5.92 Å². The molecular weight excluding hydrogens is 230 g/mol. The summed E-state index contributed by atoms with van der Waals surface area (Å²) in [6, 6.07) is 6.54. The molecule has 18 heavy (non-hydrogen) atoms. The molecule has 0 radical (unpaired) electrons. The Bertz CT molecular complexity index is 408. The molecule has 0 aromatic heterocycles. The maximum Gasteiger partial charge on any atom is 0.311 e. The fourth-order valence-corrected chi connectivity index (χ4v) is 2.66. The zero-order valence-electron chi connectivity index (χ0n) is 10.5. The normalized spacial score (nSPS) is 19.6. The lowest BCUT2D eigenvalue weighted by atomic mass is 9.80. The average Bonchev–Trinajstić information content (AvgIpc) is 2.34. The molecule has 98 valence electrons. The first-order valence-electron chi connectivity index (χ1n) is 6.28. The minimum Gasteiger partial charge on any atom is -0.508 e. The van der Waals surface area contributed by atoms with Gasteiger partial charge in [-0.25, -0.2) is 0 Å². The molecule has 0 bridgehead atoms. The third-order valence-corrected chi connectivity index (χ3v) is 3.75. The van der Waals surface area contributed by atoms with E-state index >= 15 is 0 Å². The van der Waals surface area contributed by atoms with E-state index in [1.54, 1.807) is 24.3 Å². The number of carboxylic acids is 1. The van der Waals surface area contributed by atoms with Gasteiger partial charge in [0.05, 0.1) is 5.92 Å². The molecule has 1 aromatic carbocycles. The number of benzene rings is 1. The van der Waals surface area contributed by atoms with E-state index in [1.807, 2.05) is 0 Å². The Kier molecular flexibility index (Phi) is 3.87. The minimum absolute atomic E-state index is 0.172. The van der Waals surface area contributed by atoms with Gasteiger partial charge in [0.25, 0.3) is 0 Å². The van der Waals surface area contributed by atoms with Crippen LogP contribution >= 0.6 is 0 Å². The van der Waals surface area contributed by atoms with Crippen molar-refractivity contribution < 1.29 is 15.0 Å². The first kappa shape index (κ1) is 12.9. The molecule has 0 saturated carbocycles. The van der Waals surface area contributed by atoms with Gasteiger partial charge in [0.2, 0.25) is 0 Å². The van der Waals surface area contributed by atoms with Gasteiger partial charge in [0.15, 0.2) is 0 Å². The Morgan fingerprint density at radius 1 is 1.28 bits per heavy atom. The number of hydrogen-bond donors (Lipinski definition) is 2. The number of phenolic OH excluding ortho intramolecular Hbond substituents is 1. The summed E-state index contributed by atoms with van der Waals surface area (Å²) in [5, 5.41) is 18.7. The van der Waals surface area contributed by atoms with Gasteiger partial charge in [-0.1, -0.05) is 12.1 Å². The molecule has 1 saturated heterocycles. The second kappa shape index (κ2) is 5.40. The number of nitrogens with zero attached hydrogens (tertiary/aromatic N) is 1. The van der Waals surface area contributed by atoms with E-state index in [0.29, 0.717) is 0 Å². The van der Waals surface area contributed by atoms with E-state index in [4.69, 9.17) is 0 Å². The van der Waals surface area contributed by atoms with Crippen LogP contribution < -0.4 is 0 Å². The predicted octanol–water partition coefficient (Wildman–Crippen LogP) is 1.90. The quantitative estimate of drug-likeness (QED) is 0.859. The van der Waals surface area contributed by atoms with E-state index < -0.39 is 11.9 Å². The number of rotatable bonds is 3. The molecule has 1 fully saturated rings. The Morgan fingerprint density at radius 3 is 2.33 bits per heavy atom. The van der Waals surface area contributed by atoms with Crippen LogP contribution in [0.4, 0.5) is 0 Å². The topological polar surface area (TPSA) is 60.8 Å². The van der Waals surface area contributed by atoms with Crippen molar-refractivity contribution in [1.29, 1.82) is 0 Å². The van der Waals surface area contributed by atoms with Crippen molar-refractivity contribution >= 4 is 5.97 Å². The number of likely N-dealkylation sites (tertiary alicyclic amines) is 1. The summed E-state index contributed by atoms with van der Waals surface area (Å²) in [7, 11) is 2.06. The molecule has 1 unspecified atom stereocenters. The summed E-state index contributed by atoms with van der Waals surface area (Å²) in [5.74, 6) is -0.871. The molecule has 2 N–H and O–H groups in total. The molecule has 4 heteroatoms. The second-order valence-corrected chi connectivity index (χ2v) is 5.05. The van der Waals surface area contributed by atoms with Gasteiger partial charge in [0, 0.05) is 0 Å². The Morgan fingerprint density at radius 2 is 1.83 bits per heavy atom. The number of aromatic hydroxyl groups is 1. The van der Waals surface area contributed by atoms with E-state index in [-0.39, 0.29) is 11.7 Å². The average molecular weight is 249 g/mol. The van der Waals surface area contributed by atoms with Crippen LogP contribution in [0.25, 0.3) is 0 Å². The second-order valence-electron chi connectivity index (χ2n) is 5.05. The lowest BCUT2D eigenvalue weighted by molar-refractivity contribution is -0.140. The number of phenols is 1. The highest BCUT2D eigenvalue weighted by atomic mass is 16.4. The monoisotopic (exact) mass is 249 g/mol. The van der Waals surface area contributed by atoms with Crippen LogP contribution in [0.5, 0.6) is 5.75 Å². The van der Waals surface area contributed by atoms with Gasteiger partial charge < -0.3 is 15.1 Å². The smallest absolute Gasteiger partial charge is 0.311 e. The number of carbonyl (C=O) groups is 1. The first-order chi connectivity index (χ1) is 8.58. The molecule has 1 aliphatic rings. The molecule has 1 atom stereocenters. The van der Waals surface area contributed by atoms with Crippen molar-refractivity contribution in [2.75, 3.05) is 20.1 Å². The van der Waals surface area contributed by atoms with Crippen LogP contribution in [-0.2, 0) is 4.79 Å². The number of carboxylic acid groups (broad SMARTS) is 1. The van der Waals surface area contributed by atoms with Crippen molar-refractivity contribution in [3.8, 4) is 5.75 Å². The summed E-state index contributed by atoms with van der Waals surface area (Å²) in [4.78, 5) is 13.7. The zero-order chi connectivity index (χ0) is 13.1. The SMILES string of the molecule is CN1CCC(C(C(=O)O)c2ccc(O)cc2)CC1. The van der Waals surface area contributed by atoms with Crippen LogP contribution in [0.15, 0.2) is 24.3 Å². The van der Waals surface area contributed by atoms with Crippen molar-refractivity contribution in [3.05, 3.63) is 29.8 Å². The number of piperidine rings is 1. The molecule has 1 aromatic rings. The fourth-order valence-electron chi connectivity index (χ4n) is 2.66. The molecular formula is C14H19NO3. The minimum atomic E-state index is -0.768. The van der Waals surface area contributed by atoms with Gasteiger partial charge in [-0.15, -0.1) is 0 Å². The van der Waals surface area contributed by atoms with Gasteiger partial charge in [-0.05, 0) is 56.6 Å². The van der Waals surface area contributed by atoms with Gasteiger partial charge in [-0.2, -0.15) is 0 Å². The summed E-state index contributed by atoms with van der Waals surface area (Å²) in [5.41, 5.74) is 0.787. The molecule has 1 heterocycles. The highest BCUT2D eigenvalue weighted by molar-refractivity contribution is 5.76. The van der Waals surface area contributed by atoms with Crippen LogP contribution in [-0.4, -0.2) is 41.2 Å². The lowest BCUT2D eigenvalue weighted by Gasteiger charge is -2.32. The molecule has 0 aliphatic carbocycles. The maximum atomic E-state index is 11.5. The van der Waals surface area contributed by atoms with Crippen LogP contribution in [0.2, 0.25) is 0 Å². The highest BCUT2D eigenvalue weighted by Crippen LogP contribution is 2.33. The maximum absolute atomic E-state index is 11.5. The van der Waals surface area contributed by atoms with E-state index in [0.717, 1.165) is 31.5 Å². The number of hydrogen-bond acceptors (Lipinski definition) is 3. The summed E-state index contributed by atoms with van der Waals surface area (Å²) < 4.78 is 0. The third kappa shape index (κ3) is 2.82. The Hall–Kier alpha value is -1.55. The third-order valence-electron chi connectivity index (χ3n) is 3.75. The fraction of sp³-hybridized carbons (Fsp3) is 0.500. The van der Waals surface area contributed by atoms with Crippen molar-refractivity contribution in [2.24, 2.45) is 5.92 Å². The highest BCUT2D eigenvalue weighted by Gasteiger charge is 2.31. The number of aliphatic carboxylic acids is 1. The van der Waals surface area contributed by atoms with Crippen molar-refractivity contribution in [2.45, 2.75) is 18.8 Å². The molecule has 4 nitrogen and oxygen atoms in total. The Balaban J connectivity index is 2.18. The summed E-state index contributed by atoms with van der Waals surface area (Å²) in [6.07, 6.45) is 1.82. The molecule has 0 spiro atoms.